The summed E-state index contributed by atoms with van der Waals surface area (Å²) in [6, 6.07) is 12.2. The van der Waals surface area contributed by atoms with Crippen molar-refractivity contribution in [2.75, 3.05) is 5.32 Å². The van der Waals surface area contributed by atoms with E-state index in [4.69, 9.17) is 0 Å². The molecule has 0 aliphatic carbocycles. The zero-order valence-corrected chi connectivity index (χ0v) is 20.6. The van der Waals surface area contributed by atoms with Gasteiger partial charge in [-0.1, -0.05) is 19.9 Å². The average molecular weight is 494 g/mol. The van der Waals surface area contributed by atoms with Crippen LogP contribution in [-0.2, 0) is 4.79 Å². The van der Waals surface area contributed by atoms with E-state index in [0.29, 0.717) is 12.1 Å². The summed E-state index contributed by atoms with van der Waals surface area (Å²) in [4.78, 5) is 30.3. The molecule has 9 heteroatoms. The van der Waals surface area contributed by atoms with E-state index in [1.165, 1.54) is 4.88 Å². The third-order valence-corrected chi connectivity index (χ3v) is 6.84. The van der Waals surface area contributed by atoms with Crippen LogP contribution in [0.2, 0.25) is 0 Å². The largest absolute Gasteiger partial charge is 0.338 e. The lowest BCUT2D eigenvalue weighted by Crippen LogP contribution is -2.13. The average Bonchev–Trinajstić information content (AvgIpc) is 3.62. The lowest BCUT2D eigenvalue weighted by atomic mass is 10.1. The van der Waals surface area contributed by atoms with Crippen LogP contribution in [0.15, 0.2) is 66.6 Å². The first kappa shape index (κ1) is 22.1. The molecule has 0 aliphatic heterocycles. The number of H-pyrrole nitrogens is 2. The summed E-state index contributed by atoms with van der Waals surface area (Å²) in [6.07, 6.45) is 7.43. The van der Waals surface area contributed by atoms with Crippen LogP contribution < -0.4 is 5.32 Å². The van der Waals surface area contributed by atoms with Crippen molar-refractivity contribution in [3.05, 3.63) is 66.6 Å². The Hall–Kier alpha value is -4.37. The smallest absolute Gasteiger partial charge is 0.224 e. The summed E-state index contributed by atoms with van der Waals surface area (Å²) < 4.78 is 0. The summed E-state index contributed by atoms with van der Waals surface area (Å²) in [5, 5.41) is 14.6. The summed E-state index contributed by atoms with van der Waals surface area (Å²) in [6.45, 7) is 4.03. The molecule has 0 radical (unpaired) electrons. The van der Waals surface area contributed by atoms with Crippen LogP contribution in [0.4, 0.5) is 5.69 Å². The van der Waals surface area contributed by atoms with Crippen LogP contribution >= 0.6 is 11.3 Å². The van der Waals surface area contributed by atoms with Gasteiger partial charge in [0.2, 0.25) is 5.91 Å². The van der Waals surface area contributed by atoms with Gasteiger partial charge in [-0.15, -0.1) is 11.3 Å². The number of carbonyl (C=O) groups excluding carboxylic acids is 1. The van der Waals surface area contributed by atoms with Gasteiger partial charge in [-0.2, -0.15) is 5.10 Å². The van der Waals surface area contributed by atoms with Crippen molar-refractivity contribution in [2.24, 2.45) is 5.92 Å². The SMILES string of the molecule is CC(C)CC(=O)Nc1cncc(-c2cc3c(-c4cc5c(-c6cccs6)ccnc5[nH]4)n[nH]c3cn2)c1. The van der Waals surface area contributed by atoms with Crippen LogP contribution in [0.5, 0.6) is 0 Å². The molecule has 0 aliphatic rings. The molecule has 0 fully saturated rings. The van der Waals surface area contributed by atoms with Gasteiger partial charge in [0.15, 0.2) is 0 Å². The molecule has 6 heterocycles. The third-order valence-electron chi connectivity index (χ3n) is 5.93. The number of hydrogen-bond donors (Lipinski definition) is 3. The number of rotatable bonds is 6. The molecule has 6 aromatic rings. The predicted molar refractivity (Wildman–Crippen MR) is 144 cm³/mol. The number of carbonyl (C=O) groups is 1. The summed E-state index contributed by atoms with van der Waals surface area (Å²) in [5.74, 6) is 0.254. The number of anilines is 1. The number of pyridine rings is 3. The molecule has 0 spiro atoms. The molecule has 1 amide bonds. The second kappa shape index (κ2) is 9.01. The zero-order chi connectivity index (χ0) is 24.6. The first-order chi connectivity index (χ1) is 17.5. The van der Waals surface area contributed by atoms with Gasteiger partial charge in [-0.25, -0.2) is 4.98 Å². The van der Waals surface area contributed by atoms with Crippen molar-refractivity contribution >= 4 is 44.9 Å². The molecule has 8 nitrogen and oxygen atoms in total. The fraction of sp³-hybridized carbons (Fsp3) is 0.148. The van der Waals surface area contributed by atoms with E-state index in [1.54, 1.807) is 29.9 Å². The molecule has 178 valence electrons. The molecule has 0 aromatic carbocycles. The molecule has 6 aromatic heterocycles. The Bertz CT molecular complexity index is 1700. The van der Waals surface area contributed by atoms with Crippen LogP contribution in [0.1, 0.15) is 20.3 Å². The van der Waals surface area contributed by atoms with E-state index in [1.807, 2.05) is 38.2 Å². The quantitative estimate of drug-likeness (QED) is 0.253. The summed E-state index contributed by atoms with van der Waals surface area (Å²) in [5.41, 5.74) is 6.65. The van der Waals surface area contributed by atoms with E-state index < -0.39 is 0 Å². The number of amides is 1. The Morgan fingerprint density at radius 2 is 2.00 bits per heavy atom. The van der Waals surface area contributed by atoms with Crippen LogP contribution in [-0.4, -0.2) is 36.0 Å². The standard InChI is InChI=1S/C27H23N7OS/c1-15(2)8-25(35)31-17-9-16(12-28-13-17)21-11-20-23(14-30-21)33-34-26(20)22-10-19-18(24-4-3-7-36-24)5-6-29-27(19)32-22/h3-7,9-15H,8H2,1-2H3,(H,29,32)(H,31,35)(H,33,34). The van der Waals surface area contributed by atoms with Crippen LogP contribution in [0.25, 0.3) is 55.0 Å². The minimum atomic E-state index is -0.0289. The van der Waals surface area contributed by atoms with Crippen molar-refractivity contribution in [3.63, 3.8) is 0 Å². The molecule has 0 saturated carbocycles. The van der Waals surface area contributed by atoms with Gasteiger partial charge in [0.1, 0.15) is 11.3 Å². The van der Waals surface area contributed by atoms with E-state index in [9.17, 15) is 4.79 Å². The van der Waals surface area contributed by atoms with Gasteiger partial charge >= 0.3 is 0 Å². The van der Waals surface area contributed by atoms with Crippen molar-refractivity contribution < 1.29 is 4.79 Å². The number of nitrogens with zero attached hydrogens (tertiary/aromatic N) is 4. The van der Waals surface area contributed by atoms with E-state index in [2.05, 4.69) is 59.0 Å². The molecule has 6 rings (SSSR count). The van der Waals surface area contributed by atoms with Crippen molar-refractivity contribution in [1.29, 1.82) is 0 Å². The Labute approximate surface area is 210 Å². The van der Waals surface area contributed by atoms with Gasteiger partial charge in [0, 0.05) is 45.6 Å². The van der Waals surface area contributed by atoms with Gasteiger partial charge in [0.05, 0.1) is 35.0 Å². The van der Waals surface area contributed by atoms with E-state index in [-0.39, 0.29) is 11.8 Å². The van der Waals surface area contributed by atoms with Gasteiger partial charge < -0.3 is 10.3 Å². The highest BCUT2D eigenvalue weighted by atomic mass is 32.1. The number of aromatic nitrogens is 6. The second-order valence-corrected chi connectivity index (χ2v) is 10.0. The number of hydrogen-bond acceptors (Lipinski definition) is 6. The maximum Gasteiger partial charge on any atom is 0.224 e. The van der Waals surface area contributed by atoms with Crippen LogP contribution in [0, 0.1) is 5.92 Å². The Balaban J connectivity index is 1.38. The highest BCUT2D eigenvalue weighted by Crippen LogP contribution is 2.35. The highest BCUT2D eigenvalue weighted by molar-refractivity contribution is 7.13. The topological polar surface area (TPSA) is 112 Å². The molecule has 0 atom stereocenters. The monoisotopic (exact) mass is 493 g/mol. The lowest BCUT2D eigenvalue weighted by Gasteiger charge is -2.08. The highest BCUT2D eigenvalue weighted by Gasteiger charge is 2.16. The number of fused-ring (bicyclic) bond motifs is 2. The molecular weight excluding hydrogens is 470 g/mol. The predicted octanol–water partition coefficient (Wildman–Crippen LogP) is 6.28. The van der Waals surface area contributed by atoms with E-state index in [0.717, 1.165) is 50.1 Å². The molecule has 0 unspecified atom stereocenters. The van der Waals surface area contributed by atoms with E-state index >= 15 is 0 Å². The number of aromatic amines is 2. The Morgan fingerprint density at radius 3 is 2.83 bits per heavy atom. The number of thiophene rings is 1. The molecule has 3 N–H and O–H groups in total. The molecule has 36 heavy (non-hydrogen) atoms. The van der Waals surface area contributed by atoms with Crippen molar-refractivity contribution in [2.45, 2.75) is 20.3 Å². The molecular formula is C27H23N7OS. The normalized spacial score (nSPS) is 11.5. The maximum atomic E-state index is 12.2. The first-order valence-electron chi connectivity index (χ1n) is 11.7. The minimum absolute atomic E-state index is 0.0289. The zero-order valence-electron chi connectivity index (χ0n) is 19.7. The minimum Gasteiger partial charge on any atom is -0.338 e. The summed E-state index contributed by atoms with van der Waals surface area (Å²) in [7, 11) is 0. The van der Waals surface area contributed by atoms with Crippen LogP contribution in [0.3, 0.4) is 0 Å². The molecule has 0 bridgehead atoms. The van der Waals surface area contributed by atoms with Crippen molar-refractivity contribution in [1.82, 2.24) is 30.1 Å². The van der Waals surface area contributed by atoms with Gasteiger partial charge in [-0.3, -0.25) is 19.9 Å². The fourth-order valence-electron chi connectivity index (χ4n) is 4.31. The summed E-state index contributed by atoms with van der Waals surface area (Å²) >= 11 is 1.70. The first-order valence-corrected chi connectivity index (χ1v) is 12.5. The van der Waals surface area contributed by atoms with Crippen molar-refractivity contribution in [3.8, 4) is 33.1 Å². The Kier molecular flexibility index (Phi) is 5.54. The molecule has 0 saturated heterocycles. The third kappa shape index (κ3) is 4.14. The maximum absolute atomic E-state index is 12.2. The number of nitrogens with one attached hydrogen (secondary N) is 3. The van der Waals surface area contributed by atoms with Gasteiger partial charge in [-0.05, 0) is 41.6 Å². The lowest BCUT2D eigenvalue weighted by molar-refractivity contribution is -0.116. The Morgan fingerprint density at radius 1 is 1.08 bits per heavy atom. The fourth-order valence-corrected chi connectivity index (χ4v) is 5.08. The van der Waals surface area contributed by atoms with Gasteiger partial charge in [0.25, 0.3) is 0 Å². The second-order valence-electron chi connectivity index (χ2n) is 9.08.